The molecule has 0 unspecified atom stereocenters. The van der Waals surface area contributed by atoms with E-state index in [1.54, 1.807) is 0 Å². The van der Waals surface area contributed by atoms with Crippen LogP contribution in [0.4, 0.5) is 0 Å². The fourth-order valence-electron chi connectivity index (χ4n) is 4.14. The van der Waals surface area contributed by atoms with Gasteiger partial charge < -0.3 is 19.2 Å². The summed E-state index contributed by atoms with van der Waals surface area (Å²) in [6, 6.07) is 23.8. The van der Waals surface area contributed by atoms with Crippen molar-refractivity contribution < 1.29 is 19.0 Å². The van der Waals surface area contributed by atoms with E-state index in [2.05, 4.69) is 18.0 Å². The first kappa shape index (κ1) is 23.4. The van der Waals surface area contributed by atoms with Crippen molar-refractivity contribution in [3.8, 4) is 17.2 Å². The maximum atomic E-state index is 12.2. The molecule has 1 N–H and O–H groups in total. The van der Waals surface area contributed by atoms with Crippen LogP contribution in [-0.2, 0) is 28.8 Å². The summed E-state index contributed by atoms with van der Waals surface area (Å²) in [5.41, 5.74) is 4.14. The first-order valence-corrected chi connectivity index (χ1v) is 11.9. The molecule has 0 fully saturated rings. The average Bonchev–Trinajstić information content (AvgIpc) is 3.18. The number of aromatic nitrogens is 1. The number of hydrogen-bond donors (Lipinski definition) is 1. The number of fused-ring (bicyclic) bond motifs is 1. The zero-order valence-electron chi connectivity index (χ0n) is 19.8. The van der Waals surface area contributed by atoms with Gasteiger partial charge in [-0.25, -0.2) is 0 Å². The number of rotatable bonds is 11. The number of benzene rings is 3. The first-order chi connectivity index (χ1) is 16.7. The molecule has 176 valence electrons. The monoisotopic (exact) mass is 457 g/mol. The highest BCUT2D eigenvalue weighted by molar-refractivity contribution is 5.88. The van der Waals surface area contributed by atoms with Crippen molar-refractivity contribution in [1.82, 2.24) is 4.98 Å². The number of H-pyrrole nitrogens is 1. The third kappa shape index (κ3) is 5.79. The molecule has 0 spiro atoms. The molecule has 0 saturated carbocycles. The maximum Gasteiger partial charge on any atom is 0.310 e. The Bertz CT molecular complexity index is 1230. The van der Waals surface area contributed by atoms with Crippen molar-refractivity contribution in [1.29, 1.82) is 0 Å². The highest BCUT2D eigenvalue weighted by Gasteiger charge is 2.16. The lowest BCUT2D eigenvalue weighted by Crippen LogP contribution is -2.10. The van der Waals surface area contributed by atoms with Crippen molar-refractivity contribution in [2.24, 2.45) is 0 Å². The fraction of sp³-hybridized carbons (Fsp3) is 0.276. The molecule has 0 bridgehead atoms. The summed E-state index contributed by atoms with van der Waals surface area (Å²) in [7, 11) is 0. The number of aromatic amines is 1. The van der Waals surface area contributed by atoms with Gasteiger partial charge in [0.15, 0.2) is 0 Å². The highest BCUT2D eigenvalue weighted by atomic mass is 16.5. The van der Waals surface area contributed by atoms with Crippen molar-refractivity contribution in [2.45, 2.75) is 39.5 Å². The van der Waals surface area contributed by atoms with E-state index in [1.165, 1.54) is 0 Å². The predicted octanol–water partition coefficient (Wildman–Crippen LogP) is 6.64. The van der Waals surface area contributed by atoms with Gasteiger partial charge in [-0.15, -0.1) is 0 Å². The minimum atomic E-state index is -0.214. The number of esters is 1. The molecule has 0 amide bonds. The van der Waals surface area contributed by atoms with Gasteiger partial charge in [-0.2, -0.15) is 0 Å². The Labute approximate surface area is 200 Å². The van der Waals surface area contributed by atoms with Crippen molar-refractivity contribution in [2.75, 3.05) is 13.2 Å². The smallest absolute Gasteiger partial charge is 0.310 e. The number of nitrogens with one attached hydrogen (secondary N) is 1. The van der Waals surface area contributed by atoms with Crippen molar-refractivity contribution >= 4 is 16.9 Å². The lowest BCUT2D eigenvalue weighted by Gasteiger charge is -2.14. The molecule has 4 aromatic rings. The van der Waals surface area contributed by atoms with Crippen LogP contribution in [0.25, 0.3) is 10.9 Å². The van der Waals surface area contributed by atoms with Crippen molar-refractivity contribution in [3.05, 3.63) is 89.6 Å². The zero-order chi connectivity index (χ0) is 23.8. The standard InChI is InChI=1S/C29H31NO4/c1-3-10-21-19-23(34-22-11-6-5-7-12-22)15-16-28(21)33-18-17-27-25(20-29(31)32-4-2)24-13-8-9-14-26(24)30-27/h5-9,11-16,19,30H,3-4,10,17-18,20H2,1-2H3. The molecular formula is C29H31NO4. The molecule has 34 heavy (non-hydrogen) atoms. The second kappa shape index (κ2) is 11.4. The third-order valence-corrected chi connectivity index (χ3v) is 5.67. The molecule has 1 aromatic heterocycles. The Morgan fingerprint density at radius 1 is 0.882 bits per heavy atom. The van der Waals surface area contributed by atoms with E-state index >= 15 is 0 Å². The lowest BCUT2D eigenvalue weighted by atomic mass is 10.1. The van der Waals surface area contributed by atoms with Gasteiger partial charge in [0, 0.05) is 23.0 Å². The van der Waals surface area contributed by atoms with Crippen molar-refractivity contribution in [3.63, 3.8) is 0 Å². The van der Waals surface area contributed by atoms with Gasteiger partial charge in [-0.05, 0) is 60.9 Å². The summed E-state index contributed by atoms with van der Waals surface area (Å²) in [4.78, 5) is 15.7. The molecule has 0 saturated heterocycles. The summed E-state index contributed by atoms with van der Waals surface area (Å²) >= 11 is 0. The fourth-order valence-corrected chi connectivity index (χ4v) is 4.14. The van der Waals surface area contributed by atoms with Crippen LogP contribution in [0.1, 0.15) is 37.1 Å². The third-order valence-electron chi connectivity index (χ3n) is 5.67. The summed E-state index contributed by atoms with van der Waals surface area (Å²) < 4.78 is 17.4. The topological polar surface area (TPSA) is 60.5 Å². The molecule has 4 rings (SSSR count). The van der Waals surface area contributed by atoms with Gasteiger partial charge in [-0.3, -0.25) is 4.79 Å². The van der Waals surface area contributed by atoms with Gasteiger partial charge in [0.05, 0.1) is 19.6 Å². The minimum absolute atomic E-state index is 0.214. The van der Waals surface area contributed by atoms with Gasteiger partial charge in [0.25, 0.3) is 0 Å². The number of hydrogen-bond acceptors (Lipinski definition) is 4. The van der Waals surface area contributed by atoms with Crippen LogP contribution in [0, 0.1) is 0 Å². The van der Waals surface area contributed by atoms with Gasteiger partial charge in [-0.1, -0.05) is 49.7 Å². The minimum Gasteiger partial charge on any atom is -0.493 e. The number of carbonyl (C=O) groups excluding carboxylic acids is 1. The maximum absolute atomic E-state index is 12.2. The average molecular weight is 458 g/mol. The summed E-state index contributed by atoms with van der Waals surface area (Å²) in [5, 5.41) is 1.06. The summed E-state index contributed by atoms with van der Waals surface area (Å²) in [5.74, 6) is 2.26. The van der Waals surface area contributed by atoms with E-state index in [9.17, 15) is 4.79 Å². The van der Waals surface area contributed by atoms with Crippen LogP contribution in [0.5, 0.6) is 17.2 Å². The Hall–Kier alpha value is -3.73. The second-order valence-electron chi connectivity index (χ2n) is 8.14. The first-order valence-electron chi connectivity index (χ1n) is 11.9. The molecular weight excluding hydrogens is 426 g/mol. The summed E-state index contributed by atoms with van der Waals surface area (Å²) in [6.07, 6.45) is 2.83. The second-order valence-corrected chi connectivity index (χ2v) is 8.14. The molecule has 0 radical (unpaired) electrons. The normalized spacial score (nSPS) is 10.9. The molecule has 3 aromatic carbocycles. The molecule has 0 aliphatic carbocycles. The van der Waals surface area contributed by atoms with E-state index in [-0.39, 0.29) is 12.4 Å². The van der Waals surface area contributed by atoms with E-state index in [0.717, 1.165) is 57.8 Å². The van der Waals surface area contributed by atoms with E-state index < -0.39 is 0 Å². The van der Waals surface area contributed by atoms with Gasteiger partial charge >= 0.3 is 5.97 Å². The predicted molar refractivity (Wildman–Crippen MR) is 135 cm³/mol. The highest BCUT2D eigenvalue weighted by Crippen LogP contribution is 2.29. The van der Waals surface area contributed by atoms with Crippen LogP contribution in [0.3, 0.4) is 0 Å². The molecule has 0 aliphatic rings. The Kier molecular flexibility index (Phi) is 7.87. The van der Waals surface area contributed by atoms with Crippen LogP contribution >= 0.6 is 0 Å². The molecule has 0 aliphatic heterocycles. The molecule has 5 heteroatoms. The number of ether oxygens (including phenoxy) is 3. The number of aryl methyl sites for hydroxylation is 1. The Morgan fingerprint density at radius 2 is 1.68 bits per heavy atom. The van der Waals surface area contributed by atoms with Crippen LogP contribution in [0.15, 0.2) is 72.8 Å². The zero-order valence-corrected chi connectivity index (χ0v) is 19.8. The lowest BCUT2D eigenvalue weighted by molar-refractivity contribution is -0.142. The van der Waals surface area contributed by atoms with E-state index in [1.807, 2.05) is 73.7 Å². The Balaban J connectivity index is 1.47. The SMILES string of the molecule is CCCc1cc(Oc2ccccc2)ccc1OCCc1[nH]c2ccccc2c1CC(=O)OCC. The largest absolute Gasteiger partial charge is 0.493 e. The Morgan fingerprint density at radius 3 is 2.47 bits per heavy atom. The van der Waals surface area contributed by atoms with Crippen LogP contribution < -0.4 is 9.47 Å². The quantitative estimate of drug-likeness (QED) is 0.257. The van der Waals surface area contributed by atoms with Gasteiger partial charge in [0.2, 0.25) is 0 Å². The van der Waals surface area contributed by atoms with Crippen LogP contribution in [0.2, 0.25) is 0 Å². The molecule has 1 heterocycles. The number of carbonyl (C=O) groups is 1. The van der Waals surface area contributed by atoms with E-state index in [4.69, 9.17) is 14.2 Å². The summed E-state index contributed by atoms with van der Waals surface area (Å²) in [6.45, 7) is 4.86. The van der Waals surface area contributed by atoms with E-state index in [0.29, 0.717) is 19.6 Å². The van der Waals surface area contributed by atoms with Gasteiger partial charge in [0.1, 0.15) is 17.2 Å². The molecule has 0 atom stereocenters. The van der Waals surface area contributed by atoms with Crippen LogP contribution in [-0.4, -0.2) is 24.2 Å². The molecule has 5 nitrogen and oxygen atoms in total. The number of para-hydroxylation sites is 2.